The summed E-state index contributed by atoms with van der Waals surface area (Å²) in [5, 5.41) is 9.80. The third kappa shape index (κ3) is 1.48. The van der Waals surface area contributed by atoms with Crippen LogP contribution in [0.2, 0.25) is 0 Å². The van der Waals surface area contributed by atoms with Crippen LogP contribution in [0.5, 0.6) is 5.75 Å². The molecule has 14 heavy (non-hydrogen) atoms. The second-order valence-electron chi connectivity index (χ2n) is 3.61. The van der Waals surface area contributed by atoms with Gasteiger partial charge >= 0.3 is 0 Å². The third-order valence-corrected chi connectivity index (χ3v) is 2.57. The van der Waals surface area contributed by atoms with Crippen molar-refractivity contribution in [1.82, 2.24) is 0 Å². The Morgan fingerprint density at radius 3 is 3.07 bits per heavy atom. The highest BCUT2D eigenvalue weighted by atomic mass is 19.1. The smallest absolute Gasteiger partial charge is 0.165 e. The summed E-state index contributed by atoms with van der Waals surface area (Å²) in [4.78, 5) is 0. The first-order chi connectivity index (χ1) is 6.70. The van der Waals surface area contributed by atoms with Crippen molar-refractivity contribution < 1.29 is 14.2 Å². The second kappa shape index (κ2) is 3.58. The lowest BCUT2D eigenvalue weighted by Gasteiger charge is -2.14. The van der Waals surface area contributed by atoms with E-state index in [0.29, 0.717) is 18.6 Å². The fourth-order valence-electron chi connectivity index (χ4n) is 1.83. The van der Waals surface area contributed by atoms with Gasteiger partial charge in [0.15, 0.2) is 11.6 Å². The SMILES string of the molecule is Cc1ccc(F)c2c1C(O)CCCO2. The first-order valence-electron chi connectivity index (χ1n) is 4.80. The molecule has 1 aliphatic rings. The van der Waals surface area contributed by atoms with Crippen LogP contribution < -0.4 is 4.74 Å². The molecule has 3 heteroatoms. The van der Waals surface area contributed by atoms with E-state index in [0.717, 1.165) is 12.0 Å². The van der Waals surface area contributed by atoms with Crippen molar-refractivity contribution in [2.75, 3.05) is 6.61 Å². The van der Waals surface area contributed by atoms with E-state index in [1.54, 1.807) is 6.07 Å². The minimum absolute atomic E-state index is 0.231. The molecule has 1 aliphatic heterocycles. The van der Waals surface area contributed by atoms with E-state index < -0.39 is 6.10 Å². The van der Waals surface area contributed by atoms with Gasteiger partial charge in [-0.2, -0.15) is 0 Å². The maximum absolute atomic E-state index is 13.4. The predicted octanol–water partition coefficient (Wildman–Crippen LogP) is 2.34. The number of rotatable bonds is 0. The molecule has 1 unspecified atom stereocenters. The van der Waals surface area contributed by atoms with Crippen molar-refractivity contribution in [2.24, 2.45) is 0 Å². The van der Waals surface area contributed by atoms with Crippen LogP contribution in [0, 0.1) is 12.7 Å². The quantitative estimate of drug-likeness (QED) is 0.690. The Kier molecular flexibility index (Phi) is 2.42. The van der Waals surface area contributed by atoms with E-state index in [2.05, 4.69) is 0 Å². The minimum atomic E-state index is -0.594. The van der Waals surface area contributed by atoms with Gasteiger partial charge in [0.05, 0.1) is 12.7 Å². The normalized spacial score (nSPS) is 20.9. The maximum Gasteiger partial charge on any atom is 0.165 e. The van der Waals surface area contributed by atoms with Gasteiger partial charge in [-0.3, -0.25) is 0 Å². The summed E-state index contributed by atoms with van der Waals surface area (Å²) in [5.74, 6) is -0.151. The second-order valence-corrected chi connectivity index (χ2v) is 3.61. The molecule has 1 heterocycles. The number of aliphatic hydroxyl groups excluding tert-OH is 1. The molecule has 0 fully saturated rings. The monoisotopic (exact) mass is 196 g/mol. The van der Waals surface area contributed by atoms with Gasteiger partial charge in [-0.15, -0.1) is 0 Å². The predicted molar refractivity (Wildman–Crippen MR) is 50.8 cm³/mol. The van der Waals surface area contributed by atoms with Gasteiger partial charge in [-0.25, -0.2) is 4.39 Å². The Bertz CT molecular complexity index is 349. The van der Waals surface area contributed by atoms with Crippen LogP contribution in [0.4, 0.5) is 4.39 Å². The number of ether oxygens (including phenoxy) is 1. The number of aliphatic hydroxyl groups is 1. The number of halogens is 1. The molecule has 0 spiro atoms. The lowest BCUT2D eigenvalue weighted by Crippen LogP contribution is -2.01. The summed E-state index contributed by atoms with van der Waals surface area (Å²) in [6.07, 6.45) is 0.801. The topological polar surface area (TPSA) is 29.5 Å². The van der Waals surface area contributed by atoms with Gasteiger partial charge in [-0.05, 0) is 31.4 Å². The zero-order valence-corrected chi connectivity index (χ0v) is 8.09. The summed E-state index contributed by atoms with van der Waals surface area (Å²) in [6.45, 7) is 2.33. The molecule has 1 aromatic carbocycles. The summed E-state index contributed by atoms with van der Waals surface area (Å²) >= 11 is 0. The van der Waals surface area contributed by atoms with Crippen LogP contribution in [0.1, 0.15) is 30.1 Å². The number of benzene rings is 1. The van der Waals surface area contributed by atoms with Gasteiger partial charge < -0.3 is 9.84 Å². The molecule has 0 aliphatic carbocycles. The molecule has 76 valence electrons. The molecule has 0 saturated carbocycles. The number of fused-ring (bicyclic) bond motifs is 1. The average Bonchev–Trinajstić information content (AvgIpc) is 2.35. The molecule has 1 aromatic rings. The molecule has 0 saturated heterocycles. The Morgan fingerprint density at radius 1 is 1.50 bits per heavy atom. The fourth-order valence-corrected chi connectivity index (χ4v) is 1.83. The Labute approximate surface area is 82.3 Å². The fraction of sp³-hybridized carbons (Fsp3) is 0.455. The minimum Gasteiger partial charge on any atom is -0.490 e. The van der Waals surface area contributed by atoms with Crippen molar-refractivity contribution in [1.29, 1.82) is 0 Å². The summed E-state index contributed by atoms with van der Waals surface area (Å²) in [6, 6.07) is 3.05. The Hall–Kier alpha value is -1.09. The van der Waals surface area contributed by atoms with Crippen LogP contribution in [0.15, 0.2) is 12.1 Å². The van der Waals surface area contributed by atoms with Gasteiger partial charge in [0, 0.05) is 5.56 Å². The zero-order chi connectivity index (χ0) is 10.1. The van der Waals surface area contributed by atoms with Gasteiger partial charge in [0.2, 0.25) is 0 Å². The van der Waals surface area contributed by atoms with Crippen molar-refractivity contribution in [3.63, 3.8) is 0 Å². The lowest BCUT2D eigenvalue weighted by atomic mass is 10.00. The maximum atomic E-state index is 13.4. The van der Waals surface area contributed by atoms with Crippen molar-refractivity contribution in [3.05, 3.63) is 29.1 Å². The molecular formula is C11H13FO2. The van der Waals surface area contributed by atoms with Gasteiger partial charge in [-0.1, -0.05) is 6.07 Å². The highest BCUT2D eigenvalue weighted by Crippen LogP contribution is 2.35. The van der Waals surface area contributed by atoms with Crippen molar-refractivity contribution in [2.45, 2.75) is 25.9 Å². The molecule has 0 bridgehead atoms. The zero-order valence-electron chi connectivity index (χ0n) is 8.09. The first-order valence-corrected chi connectivity index (χ1v) is 4.80. The van der Waals surface area contributed by atoms with Crippen LogP contribution in [-0.4, -0.2) is 11.7 Å². The summed E-state index contributed by atoms with van der Waals surface area (Å²) in [7, 11) is 0. The van der Waals surface area contributed by atoms with Gasteiger partial charge in [0.25, 0.3) is 0 Å². The van der Waals surface area contributed by atoms with Crippen LogP contribution in [0.3, 0.4) is 0 Å². The Balaban J connectivity index is 2.57. The summed E-state index contributed by atoms with van der Waals surface area (Å²) in [5.41, 5.74) is 1.50. The lowest BCUT2D eigenvalue weighted by molar-refractivity contribution is 0.166. The molecule has 0 radical (unpaired) electrons. The van der Waals surface area contributed by atoms with E-state index in [1.165, 1.54) is 6.07 Å². The van der Waals surface area contributed by atoms with Gasteiger partial charge in [0.1, 0.15) is 0 Å². The molecule has 2 rings (SSSR count). The molecule has 0 aromatic heterocycles. The largest absolute Gasteiger partial charge is 0.490 e. The van der Waals surface area contributed by atoms with E-state index in [9.17, 15) is 9.50 Å². The average molecular weight is 196 g/mol. The highest BCUT2D eigenvalue weighted by molar-refractivity contribution is 5.42. The van der Waals surface area contributed by atoms with E-state index >= 15 is 0 Å². The highest BCUT2D eigenvalue weighted by Gasteiger charge is 2.22. The van der Waals surface area contributed by atoms with Crippen LogP contribution >= 0.6 is 0 Å². The number of hydrogen-bond donors (Lipinski definition) is 1. The molecule has 2 nitrogen and oxygen atoms in total. The Morgan fingerprint density at radius 2 is 2.29 bits per heavy atom. The van der Waals surface area contributed by atoms with E-state index in [4.69, 9.17) is 4.74 Å². The molecule has 1 atom stereocenters. The standard InChI is InChI=1S/C11H13FO2/c1-7-4-5-8(12)11-10(7)9(13)3-2-6-14-11/h4-5,9,13H,2-3,6H2,1H3. The molecule has 1 N–H and O–H groups in total. The van der Waals surface area contributed by atoms with E-state index in [1.807, 2.05) is 6.92 Å². The first kappa shape index (κ1) is 9.46. The van der Waals surface area contributed by atoms with Crippen LogP contribution in [-0.2, 0) is 0 Å². The molecule has 0 amide bonds. The number of hydrogen-bond acceptors (Lipinski definition) is 2. The van der Waals surface area contributed by atoms with E-state index in [-0.39, 0.29) is 11.6 Å². The number of aryl methyl sites for hydroxylation is 1. The van der Waals surface area contributed by atoms with Crippen molar-refractivity contribution >= 4 is 0 Å². The summed E-state index contributed by atoms with van der Waals surface area (Å²) < 4.78 is 18.7. The molecular weight excluding hydrogens is 183 g/mol. The third-order valence-electron chi connectivity index (χ3n) is 2.57. The van der Waals surface area contributed by atoms with Crippen molar-refractivity contribution in [3.8, 4) is 5.75 Å². The van der Waals surface area contributed by atoms with Crippen LogP contribution in [0.25, 0.3) is 0 Å².